The second kappa shape index (κ2) is 7.48. The molecule has 0 aromatic heterocycles. The van der Waals surface area contributed by atoms with Crippen LogP contribution in [0.4, 0.5) is 4.39 Å². The van der Waals surface area contributed by atoms with Crippen LogP contribution in [0.5, 0.6) is 5.75 Å². The standard InChI is InChI=1S/C22H24FNO2/c23-20-6-3-4-17(13-20)12-16-8-10-24(11-9-16)22(25)19-14-18-5-1-2-7-21(18)26-15-19/h1-7,13,16,19H,8-12,14-15H2. The number of benzene rings is 2. The molecule has 0 bridgehead atoms. The second-order valence-corrected chi connectivity index (χ2v) is 7.42. The average molecular weight is 353 g/mol. The van der Waals surface area contributed by atoms with Crippen molar-refractivity contribution in [1.82, 2.24) is 4.90 Å². The minimum absolute atomic E-state index is 0.0790. The van der Waals surface area contributed by atoms with Crippen LogP contribution in [0.2, 0.25) is 0 Å². The molecule has 1 unspecified atom stereocenters. The lowest BCUT2D eigenvalue weighted by atomic mass is 9.89. The zero-order valence-electron chi connectivity index (χ0n) is 14.9. The summed E-state index contributed by atoms with van der Waals surface area (Å²) >= 11 is 0. The number of carbonyl (C=O) groups is 1. The van der Waals surface area contributed by atoms with Crippen molar-refractivity contribution in [1.29, 1.82) is 0 Å². The lowest BCUT2D eigenvalue weighted by Crippen LogP contribution is -2.45. The number of carbonyl (C=O) groups excluding carboxylic acids is 1. The number of amides is 1. The summed E-state index contributed by atoms with van der Waals surface area (Å²) in [6.07, 6.45) is 3.61. The molecular weight excluding hydrogens is 329 g/mol. The van der Waals surface area contributed by atoms with Crippen molar-refractivity contribution < 1.29 is 13.9 Å². The molecule has 0 spiro atoms. The van der Waals surface area contributed by atoms with Gasteiger partial charge in [0.1, 0.15) is 18.2 Å². The van der Waals surface area contributed by atoms with Gasteiger partial charge in [0.15, 0.2) is 0 Å². The zero-order valence-corrected chi connectivity index (χ0v) is 14.9. The highest BCUT2D eigenvalue weighted by Gasteiger charge is 2.31. The fraction of sp³-hybridized carbons (Fsp3) is 0.409. The van der Waals surface area contributed by atoms with Gasteiger partial charge >= 0.3 is 0 Å². The van der Waals surface area contributed by atoms with Crippen LogP contribution in [0.3, 0.4) is 0 Å². The van der Waals surface area contributed by atoms with Crippen molar-refractivity contribution in [3.05, 3.63) is 65.5 Å². The van der Waals surface area contributed by atoms with E-state index < -0.39 is 0 Å². The molecule has 26 heavy (non-hydrogen) atoms. The van der Waals surface area contributed by atoms with Crippen LogP contribution in [0.1, 0.15) is 24.0 Å². The first-order valence-corrected chi connectivity index (χ1v) is 9.43. The summed E-state index contributed by atoms with van der Waals surface area (Å²) in [6.45, 7) is 2.05. The Morgan fingerprint density at radius 2 is 1.92 bits per heavy atom. The van der Waals surface area contributed by atoms with Crippen molar-refractivity contribution in [2.24, 2.45) is 11.8 Å². The molecule has 2 aliphatic heterocycles. The summed E-state index contributed by atoms with van der Waals surface area (Å²) in [6, 6.07) is 14.8. The Bertz CT molecular complexity index is 783. The molecule has 4 heteroatoms. The molecule has 2 aliphatic rings. The first-order chi connectivity index (χ1) is 12.7. The molecule has 2 aromatic rings. The van der Waals surface area contributed by atoms with Gasteiger partial charge in [0, 0.05) is 13.1 Å². The Hall–Kier alpha value is -2.36. The van der Waals surface area contributed by atoms with Crippen molar-refractivity contribution in [2.45, 2.75) is 25.7 Å². The van der Waals surface area contributed by atoms with Gasteiger partial charge in [-0.25, -0.2) is 4.39 Å². The Morgan fingerprint density at radius 1 is 1.12 bits per heavy atom. The predicted molar refractivity (Wildman–Crippen MR) is 98.5 cm³/mol. The largest absolute Gasteiger partial charge is 0.492 e. The number of likely N-dealkylation sites (tertiary alicyclic amines) is 1. The summed E-state index contributed by atoms with van der Waals surface area (Å²) in [5.74, 6) is 1.38. The highest BCUT2D eigenvalue weighted by Crippen LogP contribution is 2.29. The minimum Gasteiger partial charge on any atom is -0.492 e. The number of fused-ring (bicyclic) bond motifs is 1. The third-order valence-corrected chi connectivity index (χ3v) is 5.57. The predicted octanol–water partition coefficient (Wildman–Crippen LogP) is 3.86. The number of para-hydroxylation sites is 1. The first-order valence-electron chi connectivity index (χ1n) is 9.43. The number of hydrogen-bond acceptors (Lipinski definition) is 2. The number of halogens is 1. The van der Waals surface area contributed by atoms with Gasteiger partial charge in [-0.05, 0) is 60.9 Å². The van der Waals surface area contributed by atoms with E-state index >= 15 is 0 Å². The molecule has 0 aliphatic carbocycles. The Morgan fingerprint density at radius 3 is 2.73 bits per heavy atom. The fourth-order valence-corrected chi connectivity index (χ4v) is 4.10. The number of rotatable bonds is 3. The van der Waals surface area contributed by atoms with Gasteiger partial charge in [0.2, 0.25) is 5.91 Å². The van der Waals surface area contributed by atoms with Crippen LogP contribution < -0.4 is 4.74 Å². The van der Waals surface area contributed by atoms with E-state index in [1.807, 2.05) is 35.2 Å². The Balaban J connectivity index is 1.31. The maximum absolute atomic E-state index is 13.3. The number of hydrogen-bond donors (Lipinski definition) is 0. The van der Waals surface area contributed by atoms with Crippen molar-refractivity contribution >= 4 is 5.91 Å². The van der Waals surface area contributed by atoms with Gasteiger partial charge in [0.25, 0.3) is 0 Å². The molecule has 136 valence electrons. The van der Waals surface area contributed by atoms with Gasteiger partial charge in [-0.2, -0.15) is 0 Å². The van der Waals surface area contributed by atoms with Crippen LogP contribution in [0.25, 0.3) is 0 Å². The summed E-state index contributed by atoms with van der Waals surface area (Å²) in [5, 5.41) is 0. The zero-order chi connectivity index (χ0) is 17.9. The van der Waals surface area contributed by atoms with Crippen LogP contribution in [0.15, 0.2) is 48.5 Å². The average Bonchev–Trinajstić information content (AvgIpc) is 2.68. The molecular formula is C22H24FNO2. The number of ether oxygens (including phenoxy) is 1. The maximum Gasteiger partial charge on any atom is 0.229 e. The van der Waals surface area contributed by atoms with E-state index in [0.717, 1.165) is 55.6 Å². The lowest BCUT2D eigenvalue weighted by molar-refractivity contribution is -0.138. The third-order valence-electron chi connectivity index (χ3n) is 5.57. The quantitative estimate of drug-likeness (QED) is 0.839. The molecule has 2 aromatic carbocycles. The van der Waals surface area contributed by atoms with E-state index in [2.05, 4.69) is 0 Å². The van der Waals surface area contributed by atoms with Crippen molar-refractivity contribution in [3.63, 3.8) is 0 Å². The summed E-state index contributed by atoms with van der Waals surface area (Å²) < 4.78 is 19.1. The summed E-state index contributed by atoms with van der Waals surface area (Å²) in [4.78, 5) is 14.9. The second-order valence-electron chi connectivity index (χ2n) is 7.42. The van der Waals surface area contributed by atoms with E-state index in [4.69, 9.17) is 4.74 Å². The van der Waals surface area contributed by atoms with Crippen LogP contribution in [0, 0.1) is 17.7 Å². The minimum atomic E-state index is -0.173. The van der Waals surface area contributed by atoms with E-state index in [1.54, 1.807) is 12.1 Å². The van der Waals surface area contributed by atoms with Crippen LogP contribution >= 0.6 is 0 Å². The molecule has 0 N–H and O–H groups in total. The highest BCUT2D eigenvalue weighted by atomic mass is 19.1. The number of piperidine rings is 1. The Kier molecular flexibility index (Phi) is 4.91. The van der Waals surface area contributed by atoms with Gasteiger partial charge < -0.3 is 9.64 Å². The molecule has 4 rings (SSSR count). The van der Waals surface area contributed by atoms with E-state index in [0.29, 0.717) is 12.5 Å². The van der Waals surface area contributed by atoms with Gasteiger partial charge in [0.05, 0.1) is 5.92 Å². The van der Waals surface area contributed by atoms with Crippen LogP contribution in [-0.2, 0) is 17.6 Å². The molecule has 0 saturated carbocycles. The molecule has 1 atom stereocenters. The van der Waals surface area contributed by atoms with Gasteiger partial charge in [-0.3, -0.25) is 4.79 Å². The van der Waals surface area contributed by atoms with E-state index in [-0.39, 0.29) is 17.6 Å². The normalized spacial score (nSPS) is 20.3. The SMILES string of the molecule is O=C(C1COc2ccccc2C1)N1CCC(Cc2cccc(F)c2)CC1. The number of nitrogens with zero attached hydrogens (tertiary/aromatic N) is 1. The van der Waals surface area contributed by atoms with E-state index in [9.17, 15) is 9.18 Å². The van der Waals surface area contributed by atoms with Crippen molar-refractivity contribution in [3.8, 4) is 5.75 Å². The molecule has 1 amide bonds. The monoisotopic (exact) mass is 353 g/mol. The smallest absolute Gasteiger partial charge is 0.229 e. The fourth-order valence-electron chi connectivity index (χ4n) is 4.10. The molecule has 1 fully saturated rings. The van der Waals surface area contributed by atoms with Crippen molar-refractivity contribution in [2.75, 3.05) is 19.7 Å². The molecule has 0 radical (unpaired) electrons. The molecule has 1 saturated heterocycles. The van der Waals surface area contributed by atoms with Gasteiger partial charge in [-0.15, -0.1) is 0 Å². The molecule has 3 nitrogen and oxygen atoms in total. The third kappa shape index (κ3) is 3.74. The summed E-state index contributed by atoms with van der Waals surface area (Å²) in [5.41, 5.74) is 2.17. The highest BCUT2D eigenvalue weighted by molar-refractivity contribution is 5.80. The first kappa shape index (κ1) is 17.1. The molecule has 2 heterocycles. The maximum atomic E-state index is 13.3. The Labute approximate surface area is 153 Å². The van der Waals surface area contributed by atoms with Crippen LogP contribution in [-0.4, -0.2) is 30.5 Å². The topological polar surface area (TPSA) is 29.5 Å². The van der Waals surface area contributed by atoms with Gasteiger partial charge in [-0.1, -0.05) is 30.3 Å². The lowest BCUT2D eigenvalue weighted by Gasteiger charge is -2.35. The summed E-state index contributed by atoms with van der Waals surface area (Å²) in [7, 11) is 0. The van der Waals surface area contributed by atoms with E-state index in [1.165, 1.54) is 6.07 Å².